The molecule has 0 bridgehead atoms. The molecular formula is C36H39N9O5. The largest absolute Gasteiger partial charge is 0.387 e. The Morgan fingerprint density at radius 1 is 0.960 bits per heavy atom. The number of hydrogen-bond donors (Lipinski definition) is 5. The smallest absolute Gasteiger partial charge is 0.252 e. The van der Waals surface area contributed by atoms with E-state index in [1.807, 2.05) is 41.3 Å². The Hall–Kier alpha value is -5.44. The molecule has 5 heterocycles. The van der Waals surface area contributed by atoms with E-state index in [0.29, 0.717) is 61.1 Å². The van der Waals surface area contributed by atoms with Crippen molar-refractivity contribution in [1.29, 1.82) is 0 Å². The van der Waals surface area contributed by atoms with E-state index in [1.54, 1.807) is 31.5 Å². The van der Waals surface area contributed by atoms with Gasteiger partial charge in [-0.25, -0.2) is 4.98 Å². The number of likely N-dealkylation sites (N-methyl/N-ethyl adjacent to an activating group) is 1. The van der Waals surface area contributed by atoms with Crippen LogP contribution in [-0.2, 0) is 9.53 Å². The summed E-state index contributed by atoms with van der Waals surface area (Å²) in [6.07, 6.45) is 0.0345. The van der Waals surface area contributed by atoms with Crippen LogP contribution < -0.4 is 20.9 Å². The average Bonchev–Trinajstić information content (AvgIpc) is 3.87. The molecule has 14 heteroatoms. The lowest BCUT2D eigenvalue weighted by Gasteiger charge is -2.22. The molecular weight excluding hydrogens is 638 g/mol. The van der Waals surface area contributed by atoms with Crippen LogP contribution in [0.3, 0.4) is 0 Å². The maximum Gasteiger partial charge on any atom is 0.252 e. The predicted molar refractivity (Wildman–Crippen MR) is 185 cm³/mol. The van der Waals surface area contributed by atoms with Crippen molar-refractivity contribution in [2.45, 2.75) is 49.8 Å². The number of rotatable bonds is 11. The maximum atomic E-state index is 12.9. The number of nitrogens with zero attached hydrogens (tertiary/aromatic N) is 6. The van der Waals surface area contributed by atoms with Crippen molar-refractivity contribution in [1.82, 2.24) is 35.1 Å². The van der Waals surface area contributed by atoms with Crippen LogP contribution in [0.1, 0.15) is 47.0 Å². The highest BCUT2D eigenvalue weighted by molar-refractivity contribution is 5.94. The molecule has 2 aliphatic heterocycles. The molecule has 0 spiro atoms. The van der Waals surface area contributed by atoms with E-state index in [9.17, 15) is 19.8 Å². The van der Waals surface area contributed by atoms with E-state index < -0.39 is 30.4 Å². The summed E-state index contributed by atoms with van der Waals surface area (Å²) in [6, 6.07) is 23.6. The number of pyridine rings is 1. The summed E-state index contributed by atoms with van der Waals surface area (Å²) < 4.78 is 7.47. The number of anilines is 2. The summed E-state index contributed by atoms with van der Waals surface area (Å²) in [5.74, 6) is 0.148. The summed E-state index contributed by atoms with van der Waals surface area (Å²) in [5.41, 5.74) is 3.57. The molecule has 50 heavy (non-hydrogen) atoms. The Kier molecular flexibility index (Phi) is 9.65. The first kappa shape index (κ1) is 33.1. The lowest BCUT2D eigenvalue weighted by molar-refractivity contribution is -0.137. The first-order chi connectivity index (χ1) is 24.4. The molecule has 258 valence electrons. The second-order valence-corrected chi connectivity index (χ2v) is 12.4. The van der Waals surface area contributed by atoms with Gasteiger partial charge in [-0.3, -0.25) is 19.1 Å². The number of aromatic nitrogens is 5. The first-order valence-electron chi connectivity index (χ1n) is 16.7. The number of hydrogen-bond acceptors (Lipinski definition) is 11. The van der Waals surface area contributed by atoms with Crippen LogP contribution >= 0.6 is 0 Å². The molecule has 5 N–H and O–H groups in total. The van der Waals surface area contributed by atoms with Gasteiger partial charge in [0.15, 0.2) is 29.3 Å². The van der Waals surface area contributed by atoms with Crippen molar-refractivity contribution in [3.63, 3.8) is 0 Å². The van der Waals surface area contributed by atoms with Gasteiger partial charge in [-0.1, -0.05) is 60.7 Å². The van der Waals surface area contributed by atoms with E-state index >= 15 is 0 Å². The summed E-state index contributed by atoms with van der Waals surface area (Å²) in [5, 5.41) is 31.1. The molecule has 14 nitrogen and oxygen atoms in total. The Balaban J connectivity index is 1.21. The van der Waals surface area contributed by atoms with Crippen LogP contribution in [0.15, 0.2) is 91.5 Å². The minimum atomic E-state index is -1.45. The number of aliphatic hydroxyl groups excluding tert-OH is 2. The fourth-order valence-electron chi connectivity index (χ4n) is 6.57. The van der Waals surface area contributed by atoms with Crippen molar-refractivity contribution < 1.29 is 24.5 Å². The lowest BCUT2D eigenvalue weighted by Crippen LogP contribution is -2.42. The van der Waals surface area contributed by atoms with Crippen LogP contribution in [0.25, 0.3) is 11.2 Å². The van der Waals surface area contributed by atoms with E-state index in [-0.39, 0.29) is 17.9 Å². The molecule has 5 aromatic rings. The second kappa shape index (κ2) is 14.6. The van der Waals surface area contributed by atoms with Gasteiger partial charge in [0.25, 0.3) is 11.8 Å². The van der Waals surface area contributed by atoms with E-state index in [4.69, 9.17) is 14.7 Å². The molecule has 3 aromatic heterocycles. The van der Waals surface area contributed by atoms with Gasteiger partial charge >= 0.3 is 0 Å². The maximum absolute atomic E-state index is 12.9. The van der Waals surface area contributed by atoms with Gasteiger partial charge in [-0.05, 0) is 36.6 Å². The zero-order valence-electron chi connectivity index (χ0n) is 27.5. The molecule has 2 saturated heterocycles. The molecule has 2 fully saturated rings. The number of imidazole rings is 1. The fourth-order valence-corrected chi connectivity index (χ4v) is 6.57. The minimum Gasteiger partial charge on any atom is -0.387 e. The third-order valence-electron chi connectivity index (χ3n) is 9.16. The van der Waals surface area contributed by atoms with Gasteiger partial charge in [0.05, 0.1) is 6.33 Å². The topological polar surface area (TPSA) is 180 Å². The van der Waals surface area contributed by atoms with Crippen molar-refractivity contribution in [3.05, 3.63) is 108 Å². The van der Waals surface area contributed by atoms with Gasteiger partial charge < -0.3 is 35.8 Å². The van der Waals surface area contributed by atoms with E-state index in [2.05, 4.69) is 50.2 Å². The summed E-state index contributed by atoms with van der Waals surface area (Å²) in [6.45, 7) is 3.64. The predicted octanol–water partition coefficient (Wildman–Crippen LogP) is 2.23. The van der Waals surface area contributed by atoms with Gasteiger partial charge in [0.1, 0.15) is 12.2 Å². The molecule has 0 radical (unpaired) electrons. The van der Waals surface area contributed by atoms with Crippen molar-refractivity contribution in [2.24, 2.45) is 0 Å². The highest BCUT2D eigenvalue weighted by Crippen LogP contribution is 2.34. The number of nitrogens with one attached hydrogen (secondary N) is 3. The minimum absolute atomic E-state index is 0.0134. The van der Waals surface area contributed by atoms with Crippen molar-refractivity contribution in [2.75, 3.05) is 36.4 Å². The molecule has 2 aliphatic rings. The quantitative estimate of drug-likeness (QED) is 0.138. The van der Waals surface area contributed by atoms with Gasteiger partial charge in [-0.2, -0.15) is 9.97 Å². The number of fused-ring (bicyclic) bond motifs is 1. The molecule has 0 aliphatic carbocycles. The Morgan fingerprint density at radius 2 is 1.66 bits per heavy atom. The highest BCUT2D eigenvalue weighted by Gasteiger charge is 2.47. The van der Waals surface area contributed by atoms with Crippen molar-refractivity contribution >= 4 is 34.7 Å². The molecule has 2 aromatic carbocycles. The van der Waals surface area contributed by atoms with Crippen molar-refractivity contribution in [3.8, 4) is 0 Å². The Morgan fingerprint density at radius 3 is 2.34 bits per heavy atom. The number of ether oxygens (including phenoxy) is 1. The monoisotopic (exact) mass is 677 g/mol. The number of aliphatic hydroxyl groups is 2. The van der Waals surface area contributed by atoms with Gasteiger partial charge in [0, 0.05) is 56.1 Å². The third-order valence-corrected chi connectivity index (χ3v) is 9.16. The third kappa shape index (κ3) is 6.72. The van der Waals surface area contributed by atoms with Crippen LogP contribution in [0.5, 0.6) is 0 Å². The Bertz CT molecular complexity index is 1890. The number of carbonyl (C=O) groups excluding carboxylic acids is 2. The Labute approximate surface area is 288 Å². The summed E-state index contributed by atoms with van der Waals surface area (Å²) in [7, 11) is 0. The van der Waals surface area contributed by atoms with Gasteiger partial charge in [0.2, 0.25) is 5.95 Å². The standard InChI is InChI=1S/C36H39N9O5/c1-2-38-34(49)30-28(46)29(47)35(50-30)45-21-40-27-31(39-19-26(22-9-5-3-6-10-22)23-11-7-4-8-12-23)42-36(43-32(27)45)44-18-15-25(20-44)41-33(48)24-13-16-37-17-14-24/h3-14,16-17,21,25-26,28-30,35,46-47H,2,15,18-20H2,1H3,(H,38,49)(H,41,48)(H,39,42,43)/t25?,28-,29+,30-,35+/m0/s1. The summed E-state index contributed by atoms with van der Waals surface area (Å²) >= 11 is 0. The number of benzene rings is 2. The molecule has 2 amide bonds. The van der Waals surface area contributed by atoms with Crippen LogP contribution in [0.2, 0.25) is 0 Å². The molecule has 1 unspecified atom stereocenters. The fraction of sp³-hybridized carbons (Fsp3) is 0.333. The second-order valence-electron chi connectivity index (χ2n) is 12.4. The van der Waals surface area contributed by atoms with E-state index in [1.165, 1.54) is 10.9 Å². The van der Waals surface area contributed by atoms with Crippen LogP contribution in [0.4, 0.5) is 11.8 Å². The lowest BCUT2D eigenvalue weighted by atomic mass is 9.91. The molecule has 5 atom stereocenters. The average molecular weight is 678 g/mol. The first-order valence-corrected chi connectivity index (χ1v) is 16.7. The molecule has 0 saturated carbocycles. The number of carbonyl (C=O) groups is 2. The zero-order valence-corrected chi connectivity index (χ0v) is 27.5. The van der Waals surface area contributed by atoms with Gasteiger partial charge in [-0.15, -0.1) is 0 Å². The normalized spacial score (nSPS) is 21.8. The van der Waals surface area contributed by atoms with Crippen LogP contribution in [-0.4, -0.2) is 97.1 Å². The SMILES string of the molecule is CCNC(=O)[C@H]1O[C@@H](n2cnc3c(NCC(c4ccccc4)c4ccccc4)nc(N4CCC(NC(=O)c5ccncc5)C4)nc32)[C@H](O)[C@@H]1O. The highest BCUT2D eigenvalue weighted by atomic mass is 16.6. The van der Waals surface area contributed by atoms with Crippen LogP contribution in [0, 0.1) is 0 Å². The summed E-state index contributed by atoms with van der Waals surface area (Å²) in [4.78, 5) is 46.0. The number of amides is 2. The van der Waals surface area contributed by atoms with E-state index in [0.717, 1.165) is 11.1 Å². The molecule has 7 rings (SSSR count). The zero-order chi connectivity index (χ0) is 34.6.